The third-order valence-corrected chi connectivity index (χ3v) is 4.75. The average Bonchev–Trinajstić information content (AvgIpc) is 2.81. The topological polar surface area (TPSA) is 65.0 Å². The molecule has 0 heterocycles. The van der Waals surface area contributed by atoms with Crippen molar-refractivity contribution >= 4 is 11.9 Å². The SMILES string of the molecule is COc1cc(C(=O)/C=C/c2ccc(OC)c(COc3cccc(C(F)(F)F)c3)c2)ccc1O. The van der Waals surface area contributed by atoms with Crippen molar-refractivity contribution in [3.8, 4) is 23.0 Å². The number of phenolic OH excluding ortho intramolecular Hbond substituents is 1. The van der Waals surface area contributed by atoms with Crippen LogP contribution in [0.5, 0.6) is 23.0 Å². The fourth-order valence-electron chi connectivity index (χ4n) is 3.04. The Labute approximate surface area is 188 Å². The number of hydrogen-bond donors (Lipinski definition) is 1. The molecule has 0 bridgehead atoms. The minimum Gasteiger partial charge on any atom is -0.504 e. The van der Waals surface area contributed by atoms with Crippen molar-refractivity contribution in [2.45, 2.75) is 12.8 Å². The van der Waals surface area contributed by atoms with E-state index in [1.54, 1.807) is 24.3 Å². The zero-order valence-corrected chi connectivity index (χ0v) is 17.8. The molecule has 172 valence electrons. The van der Waals surface area contributed by atoms with Crippen molar-refractivity contribution in [3.05, 3.63) is 89.0 Å². The number of carbonyl (C=O) groups excluding carboxylic acids is 1. The molecule has 3 aromatic rings. The zero-order valence-electron chi connectivity index (χ0n) is 17.8. The third kappa shape index (κ3) is 6.06. The molecule has 0 aliphatic heterocycles. The van der Waals surface area contributed by atoms with Crippen LogP contribution in [0.15, 0.2) is 66.7 Å². The van der Waals surface area contributed by atoms with Gasteiger partial charge in [0.2, 0.25) is 0 Å². The summed E-state index contributed by atoms with van der Waals surface area (Å²) < 4.78 is 54.6. The van der Waals surface area contributed by atoms with Gasteiger partial charge in [-0.15, -0.1) is 0 Å². The highest BCUT2D eigenvalue weighted by Gasteiger charge is 2.30. The Bertz CT molecular complexity index is 1170. The molecule has 8 heteroatoms. The van der Waals surface area contributed by atoms with Gasteiger partial charge in [0.1, 0.15) is 18.1 Å². The number of halogens is 3. The number of alkyl halides is 3. The number of aromatic hydroxyl groups is 1. The van der Waals surface area contributed by atoms with E-state index in [9.17, 15) is 23.1 Å². The second-order valence-corrected chi connectivity index (χ2v) is 6.97. The Balaban J connectivity index is 1.76. The molecule has 0 spiro atoms. The highest BCUT2D eigenvalue weighted by molar-refractivity contribution is 6.07. The minimum absolute atomic E-state index is 0.0325. The Morgan fingerprint density at radius 2 is 1.73 bits per heavy atom. The van der Waals surface area contributed by atoms with Crippen molar-refractivity contribution in [3.63, 3.8) is 0 Å². The van der Waals surface area contributed by atoms with Gasteiger partial charge < -0.3 is 19.3 Å². The maximum atomic E-state index is 12.9. The van der Waals surface area contributed by atoms with Crippen LogP contribution in [-0.4, -0.2) is 25.1 Å². The number of ether oxygens (including phenoxy) is 3. The van der Waals surface area contributed by atoms with Crippen molar-refractivity contribution in [1.29, 1.82) is 0 Å². The minimum atomic E-state index is -4.46. The average molecular weight is 458 g/mol. The van der Waals surface area contributed by atoms with Gasteiger partial charge in [0, 0.05) is 11.1 Å². The standard InChI is InChI=1S/C25H21F3O5/c1-31-23-11-7-16(6-9-21(29)17-8-10-22(30)24(13-17)32-2)12-18(23)15-33-20-5-3-4-19(14-20)25(26,27)28/h3-14,30H,15H2,1-2H3/b9-6+. The van der Waals surface area contributed by atoms with Gasteiger partial charge in [-0.25, -0.2) is 0 Å². The second kappa shape index (κ2) is 10.1. The van der Waals surface area contributed by atoms with E-state index in [4.69, 9.17) is 14.2 Å². The van der Waals surface area contributed by atoms with Crippen LogP contribution in [0.4, 0.5) is 13.2 Å². The van der Waals surface area contributed by atoms with E-state index < -0.39 is 11.7 Å². The summed E-state index contributed by atoms with van der Waals surface area (Å²) in [4.78, 5) is 12.5. The van der Waals surface area contributed by atoms with Gasteiger partial charge in [-0.2, -0.15) is 13.2 Å². The normalized spacial score (nSPS) is 11.4. The molecule has 0 atom stereocenters. The molecule has 0 aromatic heterocycles. The molecular formula is C25H21F3O5. The van der Waals surface area contributed by atoms with E-state index in [2.05, 4.69) is 0 Å². The van der Waals surface area contributed by atoms with Crippen LogP contribution in [0.1, 0.15) is 27.0 Å². The molecule has 33 heavy (non-hydrogen) atoms. The Hall–Kier alpha value is -3.94. The van der Waals surface area contributed by atoms with E-state index in [1.165, 1.54) is 50.6 Å². The Morgan fingerprint density at radius 3 is 2.42 bits per heavy atom. The second-order valence-electron chi connectivity index (χ2n) is 6.97. The highest BCUT2D eigenvalue weighted by atomic mass is 19.4. The number of rotatable bonds is 8. The predicted octanol–water partition coefficient (Wildman–Crippen LogP) is 5.90. The molecule has 0 unspecified atom stereocenters. The maximum absolute atomic E-state index is 12.9. The van der Waals surface area contributed by atoms with Gasteiger partial charge in [0.05, 0.1) is 19.8 Å². The Morgan fingerprint density at radius 1 is 0.970 bits per heavy atom. The smallest absolute Gasteiger partial charge is 0.416 e. The van der Waals surface area contributed by atoms with Crippen molar-refractivity contribution in [2.75, 3.05) is 14.2 Å². The molecule has 0 aliphatic rings. The van der Waals surface area contributed by atoms with Crippen LogP contribution in [0.3, 0.4) is 0 Å². The molecular weight excluding hydrogens is 437 g/mol. The number of ketones is 1. The molecule has 0 amide bonds. The van der Waals surface area contributed by atoms with Crippen molar-refractivity contribution in [1.82, 2.24) is 0 Å². The molecule has 3 aromatic carbocycles. The van der Waals surface area contributed by atoms with E-state index >= 15 is 0 Å². The van der Waals surface area contributed by atoms with Crippen LogP contribution in [0.25, 0.3) is 6.08 Å². The summed E-state index contributed by atoms with van der Waals surface area (Å²) >= 11 is 0. The first kappa shape index (κ1) is 23.7. The lowest BCUT2D eigenvalue weighted by Crippen LogP contribution is -2.05. The third-order valence-electron chi connectivity index (χ3n) is 4.75. The van der Waals surface area contributed by atoms with Gasteiger partial charge in [-0.3, -0.25) is 4.79 Å². The molecule has 0 saturated heterocycles. The summed E-state index contributed by atoms with van der Waals surface area (Å²) in [7, 11) is 2.86. The van der Waals surface area contributed by atoms with E-state index in [0.29, 0.717) is 22.4 Å². The lowest BCUT2D eigenvalue weighted by molar-refractivity contribution is -0.137. The van der Waals surface area contributed by atoms with Gasteiger partial charge in [-0.05, 0) is 60.2 Å². The van der Waals surface area contributed by atoms with Gasteiger partial charge >= 0.3 is 6.18 Å². The fraction of sp³-hybridized carbons (Fsp3) is 0.160. The molecule has 0 radical (unpaired) electrons. The number of hydrogen-bond acceptors (Lipinski definition) is 5. The summed E-state index contributed by atoms with van der Waals surface area (Å²) in [6, 6.07) is 14.0. The first-order chi connectivity index (χ1) is 15.7. The van der Waals surface area contributed by atoms with Crippen LogP contribution in [0, 0.1) is 0 Å². The van der Waals surface area contributed by atoms with E-state index in [0.717, 1.165) is 12.1 Å². The van der Waals surface area contributed by atoms with Crippen LogP contribution in [-0.2, 0) is 12.8 Å². The predicted molar refractivity (Wildman–Crippen MR) is 117 cm³/mol. The van der Waals surface area contributed by atoms with Gasteiger partial charge in [-0.1, -0.05) is 18.2 Å². The maximum Gasteiger partial charge on any atom is 0.416 e. The summed E-state index contributed by atoms with van der Waals surface area (Å²) in [5.41, 5.74) is 0.795. The molecule has 0 fully saturated rings. The summed E-state index contributed by atoms with van der Waals surface area (Å²) in [5.74, 6) is 0.384. The van der Waals surface area contributed by atoms with Crippen molar-refractivity contribution < 1.29 is 37.3 Å². The summed E-state index contributed by atoms with van der Waals surface area (Å²) in [6.45, 7) is -0.0325. The lowest BCUT2D eigenvalue weighted by atomic mass is 10.1. The molecule has 5 nitrogen and oxygen atoms in total. The summed E-state index contributed by atoms with van der Waals surface area (Å²) in [6.07, 6.45) is -1.50. The monoisotopic (exact) mass is 458 g/mol. The van der Waals surface area contributed by atoms with E-state index in [-0.39, 0.29) is 29.6 Å². The fourth-order valence-corrected chi connectivity index (χ4v) is 3.04. The van der Waals surface area contributed by atoms with Crippen LogP contribution in [0.2, 0.25) is 0 Å². The van der Waals surface area contributed by atoms with Crippen LogP contribution >= 0.6 is 0 Å². The highest BCUT2D eigenvalue weighted by Crippen LogP contribution is 2.32. The number of phenols is 1. The summed E-state index contributed by atoms with van der Waals surface area (Å²) in [5, 5.41) is 9.66. The lowest BCUT2D eigenvalue weighted by Gasteiger charge is -2.13. The number of benzene rings is 3. The zero-order chi connectivity index (χ0) is 24.0. The number of methoxy groups -OCH3 is 2. The van der Waals surface area contributed by atoms with Gasteiger partial charge in [0.25, 0.3) is 0 Å². The first-order valence-corrected chi connectivity index (χ1v) is 9.77. The molecule has 0 aliphatic carbocycles. The quantitative estimate of drug-likeness (QED) is 0.336. The van der Waals surface area contributed by atoms with E-state index in [1.807, 2.05) is 0 Å². The number of allylic oxidation sites excluding steroid dienone is 1. The Kier molecular flexibility index (Phi) is 7.27. The largest absolute Gasteiger partial charge is 0.504 e. The van der Waals surface area contributed by atoms with Crippen molar-refractivity contribution in [2.24, 2.45) is 0 Å². The molecule has 1 N–H and O–H groups in total. The molecule has 3 rings (SSSR count). The molecule has 0 saturated carbocycles. The van der Waals surface area contributed by atoms with Gasteiger partial charge in [0.15, 0.2) is 17.3 Å². The number of carbonyl (C=O) groups is 1. The first-order valence-electron chi connectivity index (χ1n) is 9.77. The van der Waals surface area contributed by atoms with Crippen LogP contribution < -0.4 is 14.2 Å².